The molecule has 0 saturated carbocycles. The Morgan fingerprint density at radius 3 is 2.69 bits per heavy atom. The van der Waals surface area contributed by atoms with Gasteiger partial charge in [0.25, 0.3) is 0 Å². The van der Waals surface area contributed by atoms with Crippen LogP contribution in [0.4, 0.5) is 4.39 Å². The van der Waals surface area contributed by atoms with Crippen LogP contribution in [0.25, 0.3) is 0 Å². The fourth-order valence-corrected chi connectivity index (χ4v) is 1.05. The third kappa shape index (κ3) is 1.96. The monoisotopic (exact) mass is 184 g/mol. The van der Waals surface area contributed by atoms with Crippen LogP contribution in [-0.2, 0) is 11.2 Å². The summed E-state index contributed by atoms with van der Waals surface area (Å²) < 4.78 is 13.2. The Morgan fingerprint density at radius 1 is 1.54 bits per heavy atom. The molecule has 3 nitrogen and oxygen atoms in total. The molecular weight excluding hydrogens is 175 g/mol. The highest BCUT2D eigenvalue weighted by Gasteiger charge is 2.13. The minimum atomic E-state index is -1.17. The first kappa shape index (κ1) is 9.51. The second-order valence-corrected chi connectivity index (χ2v) is 2.76. The number of carbonyl (C=O) groups is 1. The van der Waals surface area contributed by atoms with E-state index in [9.17, 15) is 9.18 Å². The van der Waals surface area contributed by atoms with Gasteiger partial charge in [0.05, 0.1) is 6.42 Å². The summed E-state index contributed by atoms with van der Waals surface area (Å²) in [6, 6.07) is 2.69. The summed E-state index contributed by atoms with van der Waals surface area (Å²) in [6.07, 6.45) is -0.501. The highest BCUT2D eigenvalue weighted by atomic mass is 19.1. The number of hydrogen-bond acceptors (Lipinski definition) is 2. The van der Waals surface area contributed by atoms with Crippen molar-refractivity contribution in [3.63, 3.8) is 0 Å². The molecule has 1 aromatic rings. The van der Waals surface area contributed by atoms with Crippen LogP contribution in [-0.4, -0.2) is 16.2 Å². The number of phenolic OH excluding ortho intramolecular Hbond substituents is 1. The fraction of sp³-hybridized carbons (Fsp3) is 0.222. The zero-order valence-corrected chi connectivity index (χ0v) is 7.04. The van der Waals surface area contributed by atoms with Gasteiger partial charge in [-0.3, -0.25) is 4.79 Å². The van der Waals surface area contributed by atoms with Gasteiger partial charge in [-0.15, -0.1) is 0 Å². The number of rotatable bonds is 2. The van der Waals surface area contributed by atoms with Crippen LogP contribution in [0.1, 0.15) is 11.1 Å². The van der Waals surface area contributed by atoms with Crippen LogP contribution in [0.2, 0.25) is 0 Å². The van der Waals surface area contributed by atoms with Crippen molar-refractivity contribution in [2.45, 2.75) is 13.3 Å². The molecule has 0 radical (unpaired) electrons. The van der Waals surface area contributed by atoms with E-state index in [2.05, 4.69) is 0 Å². The predicted molar refractivity (Wildman–Crippen MR) is 44.1 cm³/mol. The largest absolute Gasteiger partial charge is 0.508 e. The Kier molecular flexibility index (Phi) is 2.51. The minimum Gasteiger partial charge on any atom is -0.508 e. The molecule has 0 atom stereocenters. The molecular formula is C9H9FO3. The zero-order chi connectivity index (χ0) is 10.0. The third-order valence-corrected chi connectivity index (χ3v) is 1.74. The quantitative estimate of drug-likeness (QED) is 0.731. The lowest BCUT2D eigenvalue weighted by atomic mass is 10.1. The molecule has 13 heavy (non-hydrogen) atoms. The van der Waals surface area contributed by atoms with Crippen LogP contribution in [0.5, 0.6) is 5.75 Å². The van der Waals surface area contributed by atoms with E-state index in [1.807, 2.05) is 0 Å². The molecule has 0 bridgehead atoms. The second kappa shape index (κ2) is 3.43. The molecule has 0 aliphatic carbocycles. The summed E-state index contributed by atoms with van der Waals surface area (Å²) in [4.78, 5) is 10.3. The maximum atomic E-state index is 13.2. The van der Waals surface area contributed by atoms with Gasteiger partial charge < -0.3 is 10.2 Å². The lowest BCUT2D eigenvalue weighted by Gasteiger charge is -2.05. The van der Waals surface area contributed by atoms with Crippen LogP contribution in [0.15, 0.2) is 12.1 Å². The Balaban J connectivity index is 3.17. The fourth-order valence-electron chi connectivity index (χ4n) is 1.05. The minimum absolute atomic E-state index is 0.160. The van der Waals surface area contributed by atoms with Gasteiger partial charge in [0, 0.05) is 5.56 Å². The van der Waals surface area contributed by atoms with Crippen molar-refractivity contribution in [1.82, 2.24) is 0 Å². The number of aryl methyl sites for hydroxylation is 1. The SMILES string of the molecule is Cc1ccc(O)c(CC(=O)O)c1F. The summed E-state index contributed by atoms with van der Waals surface area (Å²) in [7, 11) is 0. The summed E-state index contributed by atoms with van der Waals surface area (Å²) >= 11 is 0. The number of carboxylic acid groups (broad SMARTS) is 1. The Bertz CT molecular complexity index is 347. The van der Waals surface area contributed by atoms with Crippen molar-refractivity contribution < 1.29 is 19.4 Å². The molecule has 0 heterocycles. The first-order valence-corrected chi connectivity index (χ1v) is 3.71. The maximum Gasteiger partial charge on any atom is 0.308 e. The predicted octanol–water partition coefficient (Wildman–Crippen LogP) is 1.47. The van der Waals surface area contributed by atoms with Crippen molar-refractivity contribution in [2.24, 2.45) is 0 Å². The van der Waals surface area contributed by atoms with Gasteiger partial charge in [-0.2, -0.15) is 0 Å². The maximum absolute atomic E-state index is 13.2. The van der Waals surface area contributed by atoms with Crippen LogP contribution >= 0.6 is 0 Å². The first-order valence-electron chi connectivity index (χ1n) is 3.71. The topological polar surface area (TPSA) is 57.5 Å². The average molecular weight is 184 g/mol. The number of benzene rings is 1. The smallest absolute Gasteiger partial charge is 0.308 e. The van der Waals surface area contributed by atoms with Gasteiger partial charge in [-0.1, -0.05) is 6.07 Å². The number of phenols is 1. The van der Waals surface area contributed by atoms with Gasteiger partial charge >= 0.3 is 5.97 Å². The molecule has 1 rings (SSSR count). The molecule has 2 N–H and O–H groups in total. The summed E-state index contributed by atoms with van der Waals surface area (Å²) in [5.41, 5.74) is 0.168. The lowest BCUT2D eigenvalue weighted by molar-refractivity contribution is -0.136. The van der Waals surface area contributed by atoms with E-state index in [0.717, 1.165) is 0 Å². The van der Waals surface area contributed by atoms with Crippen molar-refractivity contribution in [1.29, 1.82) is 0 Å². The van der Waals surface area contributed by atoms with E-state index in [1.165, 1.54) is 19.1 Å². The van der Waals surface area contributed by atoms with Crippen molar-refractivity contribution in [2.75, 3.05) is 0 Å². The summed E-state index contributed by atoms with van der Waals surface area (Å²) in [6.45, 7) is 1.51. The molecule has 1 aromatic carbocycles. The molecule has 0 aliphatic rings. The van der Waals surface area contributed by atoms with E-state index in [0.29, 0.717) is 5.56 Å². The van der Waals surface area contributed by atoms with Gasteiger partial charge in [-0.05, 0) is 18.6 Å². The van der Waals surface area contributed by atoms with E-state index in [1.54, 1.807) is 0 Å². The van der Waals surface area contributed by atoms with E-state index in [4.69, 9.17) is 10.2 Å². The first-order chi connectivity index (χ1) is 6.02. The summed E-state index contributed by atoms with van der Waals surface area (Å²) in [5.74, 6) is -2.13. The highest BCUT2D eigenvalue weighted by Crippen LogP contribution is 2.23. The lowest BCUT2D eigenvalue weighted by Crippen LogP contribution is -2.03. The summed E-state index contributed by atoms with van der Waals surface area (Å²) in [5, 5.41) is 17.6. The van der Waals surface area contributed by atoms with Gasteiger partial charge in [0.15, 0.2) is 0 Å². The number of halogens is 1. The normalized spacial score (nSPS) is 10.0. The van der Waals surface area contributed by atoms with Gasteiger partial charge in [0.2, 0.25) is 0 Å². The molecule has 0 saturated heterocycles. The molecule has 0 fully saturated rings. The Hall–Kier alpha value is -1.58. The van der Waals surface area contributed by atoms with E-state index in [-0.39, 0.29) is 11.3 Å². The van der Waals surface area contributed by atoms with Crippen molar-refractivity contribution in [3.8, 4) is 5.75 Å². The molecule has 70 valence electrons. The molecule has 0 spiro atoms. The van der Waals surface area contributed by atoms with Crippen molar-refractivity contribution >= 4 is 5.97 Å². The number of carboxylic acids is 1. The molecule has 0 unspecified atom stereocenters. The van der Waals surface area contributed by atoms with Gasteiger partial charge in [0.1, 0.15) is 11.6 Å². The van der Waals surface area contributed by atoms with E-state index >= 15 is 0 Å². The van der Waals surface area contributed by atoms with E-state index < -0.39 is 18.2 Å². The van der Waals surface area contributed by atoms with Crippen LogP contribution in [0, 0.1) is 12.7 Å². The molecule has 0 aromatic heterocycles. The second-order valence-electron chi connectivity index (χ2n) is 2.76. The van der Waals surface area contributed by atoms with Crippen LogP contribution in [0.3, 0.4) is 0 Å². The Labute approximate surface area is 74.4 Å². The number of hydrogen-bond donors (Lipinski definition) is 2. The third-order valence-electron chi connectivity index (χ3n) is 1.74. The highest BCUT2D eigenvalue weighted by molar-refractivity contribution is 5.71. The number of aromatic hydroxyl groups is 1. The van der Waals surface area contributed by atoms with Gasteiger partial charge in [-0.25, -0.2) is 4.39 Å². The molecule has 0 aliphatic heterocycles. The molecule has 0 amide bonds. The standard InChI is InChI=1S/C9H9FO3/c1-5-2-3-7(11)6(9(5)10)4-8(12)13/h2-3,11H,4H2,1H3,(H,12,13). The Morgan fingerprint density at radius 2 is 2.15 bits per heavy atom. The molecule has 4 heteroatoms. The number of aliphatic carboxylic acids is 1. The van der Waals surface area contributed by atoms with Crippen LogP contribution < -0.4 is 0 Å². The van der Waals surface area contributed by atoms with Crippen molar-refractivity contribution in [3.05, 3.63) is 29.1 Å². The average Bonchev–Trinajstić information content (AvgIpc) is 2.05. The zero-order valence-electron chi connectivity index (χ0n) is 7.04.